The van der Waals surface area contributed by atoms with Gasteiger partial charge in [-0.05, 0) is 25.1 Å². The lowest BCUT2D eigenvalue weighted by Gasteiger charge is -2.21. The van der Waals surface area contributed by atoms with E-state index < -0.39 is 0 Å². The molecular weight excluding hydrogens is 241 g/mol. The summed E-state index contributed by atoms with van der Waals surface area (Å²) >= 11 is 0. The number of pyridine rings is 1. The van der Waals surface area contributed by atoms with Gasteiger partial charge in [0.25, 0.3) is 0 Å². The number of anilines is 1. The maximum atomic E-state index is 14.3. The number of benzene rings is 1. The fraction of sp³-hybridized carbons (Fsp3) is 0.267. The first-order valence-corrected chi connectivity index (χ1v) is 6.33. The molecule has 100 valence electrons. The van der Waals surface area contributed by atoms with Crippen LogP contribution in [0, 0.1) is 12.7 Å². The number of halogens is 1. The number of nitrogen functional groups attached to an aromatic ring is 1. The Hall–Kier alpha value is -1.94. The van der Waals surface area contributed by atoms with Crippen LogP contribution in [0.3, 0.4) is 0 Å². The number of aryl methyl sites for hydroxylation is 1. The Morgan fingerprint density at radius 2 is 2.11 bits per heavy atom. The highest BCUT2D eigenvalue weighted by molar-refractivity contribution is 5.50. The average molecular weight is 259 g/mol. The van der Waals surface area contributed by atoms with Gasteiger partial charge >= 0.3 is 0 Å². The molecule has 0 spiro atoms. The molecule has 0 amide bonds. The summed E-state index contributed by atoms with van der Waals surface area (Å²) in [5, 5.41) is 3.26. The van der Waals surface area contributed by atoms with Gasteiger partial charge in [-0.15, -0.1) is 0 Å². The monoisotopic (exact) mass is 259 g/mol. The quantitative estimate of drug-likeness (QED) is 0.887. The Labute approximate surface area is 112 Å². The summed E-state index contributed by atoms with van der Waals surface area (Å²) in [5.41, 5.74) is 8.61. The third-order valence-corrected chi connectivity index (χ3v) is 3.14. The Morgan fingerprint density at radius 3 is 2.79 bits per heavy atom. The van der Waals surface area contributed by atoms with E-state index in [0.29, 0.717) is 23.4 Å². The van der Waals surface area contributed by atoms with Crippen molar-refractivity contribution in [3.63, 3.8) is 0 Å². The Bertz CT molecular complexity index is 569. The van der Waals surface area contributed by atoms with Crippen molar-refractivity contribution < 1.29 is 4.39 Å². The molecule has 0 radical (unpaired) electrons. The van der Waals surface area contributed by atoms with Crippen LogP contribution in [0.1, 0.15) is 29.7 Å². The molecule has 0 fully saturated rings. The van der Waals surface area contributed by atoms with Crippen molar-refractivity contribution in [1.29, 1.82) is 0 Å². The van der Waals surface area contributed by atoms with Crippen LogP contribution < -0.4 is 11.1 Å². The zero-order valence-corrected chi connectivity index (χ0v) is 11.2. The number of aromatic nitrogens is 1. The van der Waals surface area contributed by atoms with Gasteiger partial charge in [-0.1, -0.05) is 25.1 Å². The minimum Gasteiger partial charge on any atom is -0.398 e. The third-order valence-electron chi connectivity index (χ3n) is 3.14. The largest absolute Gasteiger partial charge is 0.398 e. The summed E-state index contributed by atoms with van der Waals surface area (Å²) in [6, 6.07) is 6.84. The second kappa shape index (κ2) is 5.80. The summed E-state index contributed by atoms with van der Waals surface area (Å²) < 4.78 is 14.3. The predicted molar refractivity (Wildman–Crippen MR) is 75.3 cm³/mol. The smallest absolute Gasteiger partial charge is 0.131 e. The fourth-order valence-corrected chi connectivity index (χ4v) is 2.14. The Balaban J connectivity index is 2.52. The van der Waals surface area contributed by atoms with Crippen LogP contribution in [0.4, 0.5) is 10.1 Å². The van der Waals surface area contributed by atoms with E-state index in [1.165, 1.54) is 0 Å². The first kappa shape index (κ1) is 13.5. The number of rotatable bonds is 4. The molecule has 19 heavy (non-hydrogen) atoms. The number of nitrogens with zero attached hydrogens (tertiary/aromatic N) is 1. The molecule has 0 aliphatic heterocycles. The maximum absolute atomic E-state index is 14.3. The van der Waals surface area contributed by atoms with Gasteiger partial charge in [-0.25, -0.2) is 4.39 Å². The normalized spacial score (nSPS) is 12.4. The molecule has 0 bridgehead atoms. The topological polar surface area (TPSA) is 50.9 Å². The number of hydrogen-bond acceptors (Lipinski definition) is 3. The van der Waals surface area contributed by atoms with Gasteiger partial charge in [-0.3, -0.25) is 4.98 Å². The van der Waals surface area contributed by atoms with E-state index in [4.69, 9.17) is 5.73 Å². The van der Waals surface area contributed by atoms with E-state index in [9.17, 15) is 4.39 Å². The highest BCUT2D eigenvalue weighted by Gasteiger charge is 2.20. The van der Waals surface area contributed by atoms with Crippen LogP contribution in [0.2, 0.25) is 0 Å². The SMILES string of the molecule is CCNC(c1cnccc1N)c1cccc(C)c1F. The molecule has 1 heterocycles. The average Bonchev–Trinajstić information content (AvgIpc) is 2.41. The van der Waals surface area contributed by atoms with Crippen molar-refractivity contribution in [2.75, 3.05) is 12.3 Å². The Kier molecular flexibility index (Phi) is 4.12. The molecule has 2 rings (SSSR count). The minimum absolute atomic E-state index is 0.197. The molecule has 1 aromatic heterocycles. The van der Waals surface area contributed by atoms with Gasteiger partial charge in [0.15, 0.2) is 0 Å². The van der Waals surface area contributed by atoms with E-state index in [0.717, 1.165) is 5.56 Å². The van der Waals surface area contributed by atoms with Gasteiger partial charge in [0.05, 0.1) is 6.04 Å². The third kappa shape index (κ3) is 2.74. The molecule has 1 unspecified atom stereocenters. The van der Waals surface area contributed by atoms with Gasteiger partial charge in [0, 0.05) is 29.2 Å². The van der Waals surface area contributed by atoms with Gasteiger partial charge in [0.1, 0.15) is 5.82 Å². The van der Waals surface area contributed by atoms with Crippen molar-refractivity contribution in [2.45, 2.75) is 19.9 Å². The molecule has 0 aliphatic rings. The van der Waals surface area contributed by atoms with Crippen LogP contribution in [-0.2, 0) is 0 Å². The van der Waals surface area contributed by atoms with Crippen molar-refractivity contribution in [1.82, 2.24) is 10.3 Å². The summed E-state index contributed by atoms with van der Waals surface area (Å²) in [6.45, 7) is 4.45. The van der Waals surface area contributed by atoms with E-state index in [-0.39, 0.29) is 11.9 Å². The van der Waals surface area contributed by atoms with Gasteiger partial charge in [0.2, 0.25) is 0 Å². The predicted octanol–water partition coefficient (Wildman–Crippen LogP) is 2.81. The maximum Gasteiger partial charge on any atom is 0.131 e. The lowest BCUT2D eigenvalue weighted by Crippen LogP contribution is -2.24. The van der Waals surface area contributed by atoms with E-state index in [1.807, 2.05) is 13.0 Å². The van der Waals surface area contributed by atoms with Crippen LogP contribution in [0.15, 0.2) is 36.7 Å². The molecule has 0 saturated heterocycles. The number of nitrogens with two attached hydrogens (primary N) is 1. The minimum atomic E-state index is -0.279. The van der Waals surface area contributed by atoms with Crippen molar-refractivity contribution >= 4 is 5.69 Å². The second-order valence-corrected chi connectivity index (χ2v) is 4.47. The lowest BCUT2D eigenvalue weighted by atomic mass is 9.96. The van der Waals surface area contributed by atoms with E-state index >= 15 is 0 Å². The standard InChI is InChI=1S/C15H18FN3/c1-3-19-15(12-9-18-8-7-13(12)17)11-6-4-5-10(2)14(11)16/h4-9,15,19H,3H2,1-2H3,(H2,17,18). The summed E-state index contributed by atoms with van der Waals surface area (Å²) in [6.07, 6.45) is 3.32. The van der Waals surface area contributed by atoms with Crippen LogP contribution in [0.25, 0.3) is 0 Å². The Morgan fingerprint density at radius 1 is 1.32 bits per heavy atom. The first-order valence-electron chi connectivity index (χ1n) is 6.33. The van der Waals surface area contributed by atoms with Crippen molar-refractivity contribution in [2.24, 2.45) is 0 Å². The van der Waals surface area contributed by atoms with Crippen LogP contribution >= 0.6 is 0 Å². The zero-order valence-electron chi connectivity index (χ0n) is 11.2. The van der Waals surface area contributed by atoms with E-state index in [2.05, 4.69) is 10.3 Å². The highest BCUT2D eigenvalue weighted by atomic mass is 19.1. The summed E-state index contributed by atoms with van der Waals surface area (Å²) in [4.78, 5) is 4.08. The molecule has 2 aromatic rings. The second-order valence-electron chi connectivity index (χ2n) is 4.47. The first-order chi connectivity index (χ1) is 9.15. The number of hydrogen-bond donors (Lipinski definition) is 2. The number of nitrogens with one attached hydrogen (secondary N) is 1. The zero-order chi connectivity index (χ0) is 13.8. The molecule has 1 aromatic carbocycles. The molecule has 4 heteroatoms. The molecular formula is C15H18FN3. The molecule has 3 N–H and O–H groups in total. The highest BCUT2D eigenvalue weighted by Crippen LogP contribution is 2.28. The summed E-state index contributed by atoms with van der Waals surface area (Å²) in [7, 11) is 0. The molecule has 0 saturated carbocycles. The fourth-order valence-electron chi connectivity index (χ4n) is 2.14. The van der Waals surface area contributed by atoms with Crippen molar-refractivity contribution in [3.05, 3.63) is 59.2 Å². The van der Waals surface area contributed by atoms with E-state index in [1.54, 1.807) is 37.5 Å². The van der Waals surface area contributed by atoms with Gasteiger partial charge < -0.3 is 11.1 Å². The van der Waals surface area contributed by atoms with Crippen molar-refractivity contribution in [3.8, 4) is 0 Å². The van der Waals surface area contributed by atoms with Gasteiger partial charge in [-0.2, -0.15) is 0 Å². The van der Waals surface area contributed by atoms with Crippen LogP contribution in [-0.4, -0.2) is 11.5 Å². The summed E-state index contributed by atoms with van der Waals surface area (Å²) in [5.74, 6) is -0.197. The molecule has 1 atom stereocenters. The molecule has 3 nitrogen and oxygen atoms in total. The lowest BCUT2D eigenvalue weighted by molar-refractivity contribution is 0.553. The van der Waals surface area contributed by atoms with Crippen LogP contribution in [0.5, 0.6) is 0 Å². The molecule has 0 aliphatic carbocycles.